The average Bonchev–Trinajstić information content (AvgIpc) is 3.20. The smallest absolute Gasteiger partial charge is 0.229 e. The molecule has 2 fully saturated rings. The summed E-state index contributed by atoms with van der Waals surface area (Å²) < 4.78 is 5.50. The van der Waals surface area contributed by atoms with E-state index >= 15 is 0 Å². The molecule has 0 radical (unpaired) electrons. The number of nitrogens with zero attached hydrogens (tertiary/aromatic N) is 4. The molecule has 0 bridgehead atoms. The molecule has 1 aromatic rings. The SMILES string of the molecule is CC1c2cc(N=[N+]=[N-])ccc2CCN1C(=O)[C@@]1(C(C)C)CC[C@@H](NC2CCOCC2)C1. The van der Waals surface area contributed by atoms with Crippen LogP contribution in [0.15, 0.2) is 23.3 Å². The highest BCUT2D eigenvalue weighted by Gasteiger charge is 2.50. The molecule has 1 saturated heterocycles. The summed E-state index contributed by atoms with van der Waals surface area (Å²) in [6.45, 7) is 8.94. The number of benzene rings is 1. The molecule has 3 atom stereocenters. The van der Waals surface area contributed by atoms with Crippen molar-refractivity contribution in [2.24, 2.45) is 16.4 Å². The molecular formula is C24H35N5O2. The summed E-state index contributed by atoms with van der Waals surface area (Å²) in [5, 5.41) is 7.60. The lowest BCUT2D eigenvalue weighted by atomic mass is 9.73. The average molecular weight is 426 g/mol. The molecule has 4 rings (SSSR count). The van der Waals surface area contributed by atoms with Gasteiger partial charge in [-0.05, 0) is 74.1 Å². The maximum Gasteiger partial charge on any atom is 0.229 e. The van der Waals surface area contributed by atoms with E-state index < -0.39 is 0 Å². The third-order valence-electron chi connectivity index (χ3n) is 7.86. The van der Waals surface area contributed by atoms with Gasteiger partial charge in [-0.15, -0.1) is 0 Å². The minimum Gasteiger partial charge on any atom is -0.381 e. The molecule has 1 aromatic carbocycles. The highest BCUT2D eigenvalue weighted by molar-refractivity contribution is 5.84. The summed E-state index contributed by atoms with van der Waals surface area (Å²) in [6.07, 6.45) is 5.88. The molecule has 2 aliphatic heterocycles. The lowest BCUT2D eigenvalue weighted by Crippen LogP contribution is -2.50. The number of ether oxygens (including phenoxy) is 1. The fourth-order valence-corrected chi connectivity index (χ4v) is 5.86. The van der Waals surface area contributed by atoms with Crippen LogP contribution >= 0.6 is 0 Å². The zero-order valence-corrected chi connectivity index (χ0v) is 19.0. The van der Waals surface area contributed by atoms with Crippen LogP contribution in [0, 0.1) is 11.3 Å². The second-order valence-electron chi connectivity index (χ2n) is 9.80. The Kier molecular flexibility index (Phi) is 6.56. The quantitative estimate of drug-likeness (QED) is 0.407. The molecule has 1 aliphatic carbocycles. The number of rotatable bonds is 5. The molecule has 1 amide bonds. The Morgan fingerprint density at radius 1 is 1.29 bits per heavy atom. The summed E-state index contributed by atoms with van der Waals surface area (Å²) >= 11 is 0. The second kappa shape index (κ2) is 9.19. The van der Waals surface area contributed by atoms with E-state index in [1.165, 1.54) is 5.56 Å². The number of hydrogen-bond acceptors (Lipinski definition) is 4. The van der Waals surface area contributed by atoms with Crippen molar-refractivity contribution in [3.8, 4) is 0 Å². The summed E-state index contributed by atoms with van der Waals surface area (Å²) in [4.78, 5) is 19.0. The summed E-state index contributed by atoms with van der Waals surface area (Å²) in [5.74, 6) is 0.593. The number of fused-ring (bicyclic) bond motifs is 1. The Labute approximate surface area is 185 Å². The van der Waals surface area contributed by atoms with Gasteiger partial charge in [-0.25, -0.2) is 0 Å². The van der Waals surface area contributed by atoms with Gasteiger partial charge >= 0.3 is 0 Å². The van der Waals surface area contributed by atoms with Crippen LogP contribution in [-0.2, 0) is 16.0 Å². The van der Waals surface area contributed by atoms with Crippen molar-refractivity contribution in [2.75, 3.05) is 19.8 Å². The number of carbonyl (C=O) groups excluding carboxylic acids is 1. The number of carbonyl (C=O) groups is 1. The topological polar surface area (TPSA) is 90.3 Å². The van der Waals surface area contributed by atoms with E-state index in [4.69, 9.17) is 10.3 Å². The first-order valence-electron chi connectivity index (χ1n) is 11.8. The molecule has 3 aliphatic rings. The third kappa shape index (κ3) is 4.32. The second-order valence-corrected chi connectivity index (χ2v) is 9.80. The van der Waals surface area contributed by atoms with E-state index in [1.54, 1.807) is 0 Å². The van der Waals surface area contributed by atoms with E-state index in [1.807, 2.05) is 18.2 Å². The van der Waals surface area contributed by atoms with Crippen molar-refractivity contribution in [1.29, 1.82) is 0 Å². The minimum atomic E-state index is -0.309. The Hall–Kier alpha value is -2.08. The van der Waals surface area contributed by atoms with Crippen LogP contribution in [0.1, 0.15) is 70.0 Å². The zero-order valence-electron chi connectivity index (χ0n) is 19.0. The first kappa shape index (κ1) is 22.1. The van der Waals surface area contributed by atoms with Crippen molar-refractivity contribution in [2.45, 2.75) is 77.4 Å². The minimum absolute atomic E-state index is 0.0109. The van der Waals surface area contributed by atoms with Gasteiger partial charge in [0, 0.05) is 42.4 Å². The predicted octanol–water partition coefficient (Wildman–Crippen LogP) is 5.04. The number of nitrogens with one attached hydrogen (secondary N) is 1. The zero-order chi connectivity index (χ0) is 22.0. The molecule has 2 heterocycles. The molecule has 7 heteroatoms. The molecule has 1 N–H and O–H groups in total. The van der Waals surface area contributed by atoms with E-state index in [0.717, 1.165) is 63.8 Å². The highest BCUT2D eigenvalue weighted by atomic mass is 16.5. The maximum atomic E-state index is 14.0. The summed E-state index contributed by atoms with van der Waals surface area (Å²) in [6, 6.07) is 6.75. The Balaban J connectivity index is 1.52. The highest BCUT2D eigenvalue weighted by Crippen LogP contribution is 2.48. The van der Waals surface area contributed by atoms with Crippen LogP contribution in [0.5, 0.6) is 0 Å². The van der Waals surface area contributed by atoms with Crippen LogP contribution < -0.4 is 5.32 Å². The molecule has 168 valence electrons. The van der Waals surface area contributed by atoms with Gasteiger partial charge in [-0.2, -0.15) is 0 Å². The molecule has 1 saturated carbocycles. The third-order valence-corrected chi connectivity index (χ3v) is 7.86. The van der Waals surface area contributed by atoms with Gasteiger partial charge in [0.15, 0.2) is 0 Å². The molecule has 1 unspecified atom stereocenters. The van der Waals surface area contributed by atoms with E-state index in [-0.39, 0.29) is 11.5 Å². The van der Waals surface area contributed by atoms with E-state index in [9.17, 15) is 4.79 Å². The lowest BCUT2D eigenvalue weighted by Gasteiger charge is -2.43. The van der Waals surface area contributed by atoms with Gasteiger partial charge in [0.2, 0.25) is 5.91 Å². The fourth-order valence-electron chi connectivity index (χ4n) is 5.86. The monoisotopic (exact) mass is 425 g/mol. The Morgan fingerprint density at radius 2 is 2.06 bits per heavy atom. The standard InChI is InChI=1S/C24H35N5O2/c1-16(2)24(10-6-21(15-24)26-19-8-12-31-13-9-19)23(30)29-11-7-18-4-5-20(27-28-25)14-22(18)17(29)3/h4-5,14,16-17,19,21,26H,6-13,15H2,1-3H3/t17?,21-,24+/m1/s1. The number of hydrogen-bond donors (Lipinski definition) is 1. The van der Waals surface area contributed by atoms with Crippen LogP contribution in [0.25, 0.3) is 10.4 Å². The molecule has 0 spiro atoms. The van der Waals surface area contributed by atoms with Gasteiger partial charge in [-0.1, -0.05) is 31.1 Å². The predicted molar refractivity (Wildman–Crippen MR) is 121 cm³/mol. The van der Waals surface area contributed by atoms with Gasteiger partial charge in [0.1, 0.15) is 0 Å². The van der Waals surface area contributed by atoms with Crippen LogP contribution in [0.4, 0.5) is 5.69 Å². The van der Waals surface area contributed by atoms with Crippen LogP contribution in [0.2, 0.25) is 0 Å². The first-order chi connectivity index (χ1) is 14.9. The van der Waals surface area contributed by atoms with Crippen molar-refractivity contribution >= 4 is 11.6 Å². The summed E-state index contributed by atoms with van der Waals surface area (Å²) in [5.41, 5.74) is 11.5. The van der Waals surface area contributed by atoms with Crippen molar-refractivity contribution < 1.29 is 9.53 Å². The largest absolute Gasteiger partial charge is 0.381 e. The fraction of sp³-hybridized carbons (Fsp3) is 0.708. The number of amides is 1. The lowest BCUT2D eigenvalue weighted by molar-refractivity contribution is -0.147. The van der Waals surface area contributed by atoms with Gasteiger partial charge in [0.25, 0.3) is 0 Å². The normalized spacial score (nSPS) is 29.0. The molecule has 0 aromatic heterocycles. The molecular weight excluding hydrogens is 390 g/mol. The van der Waals surface area contributed by atoms with Gasteiger partial charge in [-0.3, -0.25) is 4.79 Å². The first-order valence-corrected chi connectivity index (χ1v) is 11.8. The van der Waals surface area contributed by atoms with Crippen LogP contribution in [0.3, 0.4) is 0 Å². The summed E-state index contributed by atoms with van der Waals surface area (Å²) in [7, 11) is 0. The van der Waals surface area contributed by atoms with E-state index in [0.29, 0.717) is 29.6 Å². The van der Waals surface area contributed by atoms with Crippen molar-refractivity contribution in [3.63, 3.8) is 0 Å². The molecule has 7 nitrogen and oxygen atoms in total. The van der Waals surface area contributed by atoms with Gasteiger partial charge < -0.3 is 15.0 Å². The van der Waals surface area contributed by atoms with Crippen molar-refractivity contribution in [1.82, 2.24) is 10.2 Å². The maximum absolute atomic E-state index is 14.0. The Bertz CT molecular complexity index is 860. The Morgan fingerprint density at radius 3 is 2.77 bits per heavy atom. The van der Waals surface area contributed by atoms with Crippen molar-refractivity contribution in [3.05, 3.63) is 39.8 Å². The molecule has 31 heavy (non-hydrogen) atoms. The van der Waals surface area contributed by atoms with E-state index in [2.05, 4.69) is 41.0 Å². The van der Waals surface area contributed by atoms with Gasteiger partial charge in [0.05, 0.1) is 11.5 Å². The number of azide groups is 1. The van der Waals surface area contributed by atoms with Crippen LogP contribution in [-0.4, -0.2) is 42.6 Å².